The van der Waals surface area contributed by atoms with E-state index >= 15 is 0 Å². The Morgan fingerprint density at radius 2 is 2.16 bits per heavy atom. The highest BCUT2D eigenvalue weighted by molar-refractivity contribution is 5.88. The van der Waals surface area contributed by atoms with E-state index in [1.54, 1.807) is 30.7 Å². The van der Waals surface area contributed by atoms with Crippen molar-refractivity contribution in [2.75, 3.05) is 11.4 Å². The van der Waals surface area contributed by atoms with Gasteiger partial charge in [-0.25, -0.2) is 9.78 Å². The van der Waals surface area contributed by atoms with Crippen molar-refractivity contribution in [3.05, 3.63) is 53.5 Å². The quantitative estimate of drug-likeness (QED) is 0.885. The number of benzene rings is 1. The Labute approximate surface area is 110 Å². The third-order valence-corrected chi connectivity index (χ3v) is 3.34. The SMILES string of the molecule is O=C(O)c1ccc2c(c1)CN(c1cnccn1)CC2. The lowest BCUT2D eigenvalue weighted by Crippen LogP contribution is -2.31. The van der Waals surface area contributed by atoms with Gasteiger partial charge in [0.15, 0.2) is 0 Å². The monoisotopic (exact) mass is 255 g/mol. The van der Waals surface area contributed by atoms with Crippen LogP contribution in [0.3, 0.4) is 0 Å². The van der Waals surface area contributed by atoms with E-state index in [0.717, 1.165) is 24.3 Å². The molecule has 0 amide bonds. The molecule has 1 N–H and O–H groups in total. The topological polar surface area (TPSA) is 66.3 Å². The van der Waals surface area contributed by atoms with E-state index in [4.69, 9.17) is 5.11 Å². The molecule has 0 spiro atoms. The summed E-state index contributed by atoms with van der Waals surface area (Å²) in [6.45, 7) is 1.55. The lowest BCUT2D eigenvalue weighted by atomic mass is 9.97. The molecule has 1 aliphatic heterocycles. The largest absolute Gasteiger partial charge is 0.478 e. The van der Waals surface area contributed by atoms with Crippen LogP contribution in [-0.4, -0.2) is 27.6 Å². The second-order valence-electron chi connectivity index (χ2n) is 4.52. The minimum Gasteiger partial charge on any atom is -0.478 e. The zero-order valence-corrected chi connectivity index (χ0v) is 10.3. The molecule has 1 aromatic carbocycles. The maximum Gasteiger partial charge on any atom is 0.335 e. The lowest BCUT2D eigenvalue weighted by molar-refractivity contribution is 0.0696. The summed E-state index contributed by atoms with van der Waals surface area (Å²) >= 11 is 0. The summed E-state index contributed by atoms with van der Waals surface area (Å²) in [4.78, 5) is 21.5. The Morgan fingerprint density at radius 3 is 2.89 bits per heavy atom. The lowest BCUT2D eigenvalue weighted by Gasteiger charge is -2.29. The minimum atomic E-state index is -0.889. The number of anilines is 1. The van der Waals surface area contributed by atoms with E-state index in [9.17, 15) is 4.79 Å². The second-order valence-corrected chi connectivity index (χ2v) is 4.52. The van der Waals surface area contributed by atoms with Crippen LogP contribution in [0.2, 0.25) is 0 Å². The van der Waals surface area contributed by atoms with Gasteiger partial charge in [0.25, 0.3) is 0 Å². The van der Waals surface area contributed by atoms with Crippen LogP contribution >= 0.6 is 0 Å². The average Bonchev–Trinajstić information content (AvgIpc) is 2.47. The highest BCUT2D eigenvalue weighted by atomic mass is 16.4. The number of carboxylic acids is 1. The highest BCUT2D eigenvalue weighted by Gasteiger charge is 2.18. The van der Waals surface area contributed by atoms with Crippen molar-refractivity contribution in [1.82, 2.24) is 9.97 Å². The highest BCUT2D eigenvalue weighted by Crippen LogP contribution is 2.23. The van der Waals surface area contributed by atoms with Crippen molar-refractivity contribution < 1.29 is 9.90 Å². The van der Waals surface area contributed by atoms with Crippen LogP contribution in [0.5, 0.6) is 0 Å². The Balaban J connectivity index is 1.90. The maximum absolute atomic E-state index is 11.0. The standard InChI is InChI=1S/C14H13N3O2/c18-14(19)11-2-1-10-3-6-17(9-12(10)7-11)13-8-15-4-5-16-13/h1-2,4-5,7-8H,3,6,9H2,(H,18,19). The summed E-state index contributed by atoms with van der Waals surface area (Å²) in [7, 11) is 0. The van der Waals surface area contributed by atoms with Gasteiger partial charge in [-0.1, -0.05) is 6.07 Å². The number of carboxylic acid groups (broad SMARTS) is 1. The number of hydrogen-bond donors (Lipinski definition) is 1. The molecule has 1 aliphatic rings. The minimum absolute atomic E-state index is 0.333. The number of hydrogen-bond acceptors (Lipinski definition) is 4. The normalized spacial score (nSPS) is 14.0. The number of aromatic carboxylic acids is 1. The van der Waals surface area contributed by atoms with Crippen LogP contribution in [0, 0.1) is 0 Å². The molecule has 0 radical (unpaired) electrons. The van der Waals surface area contributed by atoms with Gasteiger partial charge in [0, 0.05) is 25.5 Å². The zero-order valence-electron chi connectivity index (χ0n) is 10.3. The first-order valence-electron chi connectivity index (χ1n) is 6.10. The molecule has 5 heteroatoms. The van der Waals surface area contributed by atoms with E-state index in [2.05, 4.69) is 14.9 Å². The molecule has 1 aromatic heterocycles. The molecule has 3 rings (SSSR count). The molecule has 0 saturated heterocycles. The van der Waals surface area contributed by atoms with Crippen LogP contribution in [0.25, 0.3) is 0 Å². The summed E-state index contributed by atoms with van der Waals surface area (Å²) < 4.78 is 0. The average molecular weight is 255 g/mol. The Hall–Kier alpha value is -2.43. The van der Waals surface area contributed by atoms with Crippen molar-refractivity contribution >= 4 is 11.8 Å². The fourth-order valence-electron chi connectivity index (χ4n) is 2.34. The van der Waals surface area contributed by atoms with Crippen LogP contribution < -0.4 is 4.90 Å². The predicted octanol–water partition coefficient (Wildman–Crippen LogP) is 1.74. The fourth-order valence-corrected chi connectivity index (χ4v) is 2.34. The first-order chi connectivity index (χ1) is 9.24. The summed E-state index contributed by atoms with van der Waals surface area (Å²) in [5.74, 6) is -0.0618. The third kappa shape index (κ3) is 2.27. The summed E-state index contributed by atoms with van der Waals surface area (Å²) in [6.07, 6.45) is 5.93. The number of aromatic nitrogens is 2. The van der Waals surface area contributed by atoms with Gasteiger partial charge in [0.05, 0.1) is 11.8 Å². The fraction of sp³-hybridized carbons (Fsp3) is 0.214. The predicted molar refractivity (Wildman–Crippen MR) is 70.2 cm³/mol. The third-order valence-electron chi connectivity index (χ3n) is 3.34. The van der Waals surface area contributed by atoms with Crippen molar-refractivity contribution in [3.63, 3.8) is 0 Å². The van der Waals surface area contributed by atoms with E-state index in [-0.39, 0.29) is 0 Å². The molecule has 0 atom stereocenters. The Bertz CT molecular complexity index is 613. The summed E-state index contributed by atoms with van der Waals surface area (Å²) in [5.41, 5.74) is 2.60. The molecule has 0 fully saturated rings. The Morgan fingerprint density at radius 1 is 1.26 bits per heavy atom. The molecule has 0 saturated carbocycles. The van der Waals surface area contributed by atoms with E-state index in [1.807, 2.05) is 6.07 Å². The number of rotatable bonds is 2. The van der Waals surface area contributed by atoms with Crippen molar-refractivity contribution in [1.29, 1.82) is 0 Å². The van der Waals surface area contributed by atoms with Gasteiger partial charge < -0.3 is 10.0 Å². The first-order valence-corrected chi connectivity index (χ1v) is 6.10. The van der Waals surface area contributed by atoms with Gasteiger partial charge in [-0.2, -0.15) is 0 Å². The van der Waals surface area contributed by atoms with Gasteiger partial charge >= 0.3 is 5.97 Å². The molecule has 5 nitrogen and oxygen atoms in total. The van der Waals surface area contributed by atoms with Crippen molar-refractivity contribution in [2.24, 2.45) is 0 Å². The molecule has 0 unspecified atom stereocenters. The van der Waals surface area contributed by atoms with Gasteiger partial charge in [0.2, 0.25) is 0 Å². The molecule has 2 aromatic rings. The maximum atomic E-state index is 11.0. The number of nitrogens with zero attached hydrogens (tertiary/aromatic N) is 3. The van der Waals surface area contributed by atoms with Crippen LogP contribution in [-0.2, 0) is 13.0 Å². The number of fused-ring (bicyclic) bond motifs is 1. The van der Waals surface area contributed by atoms with Gasteiger partial charge in [-0.05, 0) is 29.7 Å². The van der Waals surface area contributed by atoms with Crippen LogP contribution in [0.1, 0.15) is 21.5 Å². The number of carbonyl (C=O) groups is 1. The van der Waals surface area contributed by atoms with Gasteiger partial charge in [-0.3, -0.25) is 4.98 Å². The second kappa shape index (κ2) is 4.68. The molecule has 19 heavy (non-hydrogen) atoms. The first kappa shape index (κ1) is 11.6. The van der Waals surface area contributed by atoms with E-state index in [0.29, 0.717) is 12.1 Å². The summed E-state index contributed by atoms with van der Waals surface area (Å²) in [5, 5.41) is 9.03. The molecular weight excluding hydrogens is 242 g/mol. The van der Waals surface area contributed by atoms with E-state index in [1.165, 1.54) is 5.56 Å². The molecule has 0 bridgehead atoms. The molecule has 0 aliphatic carbocycles. The van der Waals surface area contributed by atoms with Crippen molar-refractivity contribution in [2.45, 2.75) is 13.0 Å². The Kier molecular flexibility index (Phi) is 2.87. The smallest absolute Gasteiger partial charge is 0.335 e. The van der Waals surface area contributed by atoms with Crippen LogP contribution in [0.15, 0.2) is 36.8 Å². The zero-order chi connectivity index (χ0) is 13.2. The molecular formula is C14H13N3O2. The summed E-state index contributed by atoms with van der Waals surface area (Å²) in [6, 6.07) is 5.33. The van der Waals surface area contributed by atoms with Gasteiger partial charge in [0.1, 0.15) is 5.82 Å². The van der Waals surface area contributed by atoms with Gasteiger partial charge in [-0.15, -0.1) is 0 Å². The van der Waals surface area contributed by atoms with Crippen molar-refractivity contribution in [3.8, 4) is 0 Å². The molecule has 96 valence electrons. The molecule has 2 heterocycles. The van der Waals surface area contributed by atoms with E-state index < -0.39 is 5.97 Å². The van der Waals surface area contributed by atoms with Crippen LogP contribution in [0.4, 0.5) is 5.82 Å².